The summed E-state index contributed by atoms with van der Waals surface area (Å²) in [4.78, 5) is 44.3. The molecule has 7 heteroatoms. The summed E-state index contributed by atoms with van der Waals surface area (Å²) in [6.07, 6.45) is 3.63. The molecule has 1 atom stereocenters. The van der Waals surface area contributed by atoms with Crippen molar-refractivity contribution in [1.82, 2.24) is 14.5 Å². The van der Waals surface area contributed by atoms with Gasteiger partial charge in [0, 0.05) is 43.2 Å². The van der Waals surface area contributed by atoms with Crippen LogP contribution >= 0.6 is 0 Å². The first-order valence-corrected chi connectivity index (χ1v) is 10.4. The van der Waals surface area contributed by atoms with Gasteiger partial charge in [0.1, 0.15) is 5.69 Å². The summed E-state index contributed by atoms with van der Waals surface area (Å²) in [5, 5.41) is 0. The van der Waals surface area contributed by atoms with Crippen molar-refractivity contribution in [3.63, 3.8) is 0 Å². The third-order valence-electron chi connectivity index (χ3n) is 5.37. The highest BCUT2D eigenvalue weighted by Gasteiger charge is 2.32. The first kappa shape index (κ1) is 23.3. The summed E-state index contributed by atoms with van der Waals surface area (Å²) in [7, 11) is 0. The normalized spacial score (nSPS) is 11.8. The van der Waals surface area contributed by atoms with E-state index in [1.807, 2.05) is 30.5 Å². The van der Waals surface area contributed by atoms with Gasteiger partial charge in [0.05, 0.1) is 12.6 Å². The molecule has 1 amide bonds. The second-order valence-electron chi connectivity index (χ2n) is 7.17. The molecule has 2 rings (SSSR count). The fourth-order valence-corrected chi connectivity index (χ4v) is 3.80. The van der Waals surface area contributed by atoms with Crippen molar-refractivity contribution in [3.8, 4) is 0 Å². The van der Waals surface area contributed by atoms with Crippen molar-refractivity contribution in [2.45, 2.75) is 67.1 Å². The lowest BCUT2D eigenvalue weighted by atomic mass is 9.99. The van der Waals surface area contributed by atoms with E-state index in [4.69, 9.17) is 4.74 Å². The molecule has 0 aromatic carbocycles. The molecule has 1 unspecified atom stereocenters. The molecule has 2 aromatic heterocycles. The van der Waals surface area contributed by atoms with Gasteiger partial charge in [-0.3, -0.25) is 14.6 Å². The number of carbonyl (C=O) groups excluding carboxylic acids is 3. The van der Waals surface area contributed by atoms with Gasteiger partial charge in [0.2, 0.25) is 5.91 Å². The summed E-state index contributed by atoms with van der Waals surface area (Å²) >= 11 is 0. The van der Waals surface area contributed by atoms with Gasteiger partial charge in [0.25, 0.3) is 0 Å². The minimum Gasteiger partial charge on any atom is -0.461 e. The molecule has 2 heterocycles. The van der Waals surface area contributed by atoms with Gasteiger partial charge in [-0.05, 0) is 57.9 Å². The Labute approximate surface area is 178 Å². The van der Waals surface area contributed by atoms with Crippen molar-refractivity contribution in [3.05, 3.63) is 52.6 Å². The highest BCUT2D eigenvalue weighted by Crippen LogP contribution is 2.26. The largest absolute Gasteiger partial charge is 0.461 e. The number of pyridine rings is 1. The molecule has 0 aliphatic carbocycles. The maximum absolute atomic E-state index is 13.5. The average molecular weight is 414 g/mol. The fraction of sp³-hybridized carbons (Fsp3) is 0.478. The third-order valence-corrected chi connectivity index (χ3v) is 5.37. The predicted molar refractivity (Wildman–Crippen MR) is 114 cm³/mol. The Kier molecular flexibility index (Phi) is 7.92. The van der Waals surface area contributed by atoms with Gasteiger partial charge < -0.3 is 14.2 Å². The topological polar surface area (TPSA) is 81.5 Å². The van der Waals surface area contributed by atoms with Crippen LogP contribution in [0.2, 0.25) is 0 Å². The van der Waals surface area contributed by atoms with Crippen LogP contribution in [0.15, 0.2) is 24.5 Å². The molecule has 0 bridgehead atoms. The van der Waals surface area contributed by atoms with Crippen molar-refractivity contribution >= 4 is 17.7 Å². The smallest absolute Gasteiger partial charge is 0.355 e. The van der Waals surface area contributed by atoms with E-state index in [1.54, 1.807) is 45.0 Å². The Morgan fingerprint density at radius 3 is 2.30 bits per heavy atom. The van der Waals surface area contributed by atoms with E-state index in [-0.39, 0.29) is 18.3 Å². The molecule has 7 nitrogen and oxygen atoms in total. The van der Waals surface area contributed by atoms with E-state index >= 15 is 0 Å². The van der Waals surface area contributed by atoms with Gasteiger partial charge >= 0.3 is 5.97 Å². The van der Waals surface area contributed by atoms with Crippen LogP contribution < -0.4 is 0 Å². The standard InChI is InChI=1S/C23H31N3O4/c1-7-19(27)26(14-18-10-12-24-13-11-18)17(6)22(28)20-15(4)21(23(29)30-9-3)25(8-2)16(20)5/h10-13,17H,7-9,14H2,1-6H3. The fourth-order valence-electron chi connectivity index (χ4n) is 3.80. The Balaban J connectivity index is 2.46. The molecule has 0 aliphatic rings. The number of carbonyl (C=O) groups is 3. The molecular formula is C23H31N3O4. The summed E-state index contributed by atoms with van der Waals surface area (Å²) in [5.41, 5.74) is 3.09. The molecule has 0 saturated heterocycles. The average Bonchev–Trinajstić information content (AvgIpc) is 3.00. The Hall–Kier alpha value is -2.96. The number of amides is 1. The highest BCUT2D eigenvalue weighted by atomic mass is 16.5. The zero-order valence-corrected chi connectivity index (χ0v) is 18.7. The van der Waals surface area contributed by atoms with E-state index in [9.17, 15) is 14.4 Å². The van der Waals surface area contributed by atoms with E-state index in [0.717, 1.165) is 5.56 Å². The van der Waals surface area contributed by atoms with Crippen LogP contribution in [0, 0.1) is 13.8 Å². The molecule has 30 heavy (non-hydrogen) atoms. The first-order valence-electron chi connectivity index (χ1n) is 10.4. The lowest BCUT2D eigenvalue weighted by Gasteiger charge is -2.28. The number of esters is 1. The number of aromatic nitrogens is 2. The maximum Gasteiger partial charge on any atom is 0.355 e. The van der Waals surface area contributed by atoms with Gasteiger partial charge in [-0.25, -0.2) is 4.79 Å². The number of ether oxygens (including phenoxy) is 1. The van der Waals surface area contributed by atoms with E-state index in [0.29, 0.717) is 42.0 Å². The van der Waals surface area contributed by atoms with Gasteiger partial charge in [-0.15, -0.1) is 0 Å². The minimum absolute atomic E-state index is 0.108. The zero-order valence-electron chi connectivity index (χ0n) is 18.7. The SMILES string of the molecule is CCOC(=O)c1c(C)c(C(=O)C(C)N(Cc2ccncc2)C(=O)CC)c(C)n1CC. The summed E-state index contributed by atoms with van der Waals surface area (Å²) < 4.78 is 7.01. The monoisotopic (exact) mass is 413 g/mol. The van der Waals surface area contributed by atoms with Crippen LogP contribution in [0.5, 0.6) is 0 Å². The predicted octanol–water partition coefficient (Wildman–Crippen LogP) is 3.71. The zero-order chi connectivity index (χ0) is 22.4. The Bertz CT molecular complexity index is 918. The Morgan fingerprint density at radius 2 is 1.77 bits per heavy atom. The van der Waals surface area contributed by atoms with Crippen LogP contribution in [0.4, 0.5) is 0 Å². The van der Waals surface area contributed by atoms with Crippen molar-refractivity contribution in [2.75, 3.05) is 6.61 Å². The highest BCUT2D eigenvalue weighted by molar-refractivity contribution is 6.06. The summed E-state index contributed by atoms with van der Waals surface area (Å²) in [6, 6.07) is 2.98. The lowest BCUT2D eigenvalue weighted by molar-refractivity contribution is -0.132. The molecule has 0 saturated carbocycles. The van der Waals surface area contributed by atoms with Crippen LogP contribution in [-0.2, 0) is 22.6 Å². The molecule has 0 aliphatic heterocycles. The van der Waals surface area contributed by atoms with Gasteiger partial charge in [-0.2, -0.15) is 0 Å². The van der Waals surface area contributed by atoms with Crippen molar-refractivity contribution < 1.29 is 19.1 Å². The number of rotatable bonds is 9. The van der Waals surface area contributed by atoms with Crippen LogP contribution in [0.25, 0.3) is 0 Å². The molecule has 162 valence electrons. The van der Waals surface area contributed by atoms with Crippen LogP contribution in [0.3, 0.4) is 0 Å². The van der Waals surface area contributed by atoms with Crippen molar-refractivity contribution in [2.24, 2.45) is 0 Å². The maximum atomic E-state index is 13.5. The number of hydrogen-bond acceptors (Lipinski definition) is 5. The van der Waals surface area contributed by atoms with Gasteiger partial charge in [-0.1, -0.05) is 6.92 Å². The lowest BCUT2D eigenvalue weighted by Crippen LogP contribution is -2.42. The summed E-state index contributed by atoms with van der Waals surface area (Å²) in [6.45, 7) is 11.9. The second-order valence-corrected chi connectivity index (χ2v) is 7.17. The Morgan fingerprint density at radius 1 is 1.13 bits per heavy atom. The molecule has 2 aromatic rings. The molecule has 0 fully saturated rings. The summed E-state index contributed by atoms with van der Waals surface area (Å²) in [5.74, 6) is -0.730. The number of ketones is 1. The second kappa shape index (κ2) is 10.2. The molecular weight excluding hydrogens is 382 g/mol. The quantitative estimate of drug-likeness (QED) is 0.462. The third kappa shape index (κ3) is 4.61. The van der Waals surface area contributed by atoms with E-state index < -0.39 is 12.0 Å². The van der Waals surface area contributed by atoms with E-state index in [2.05, 4.69) is 4.98 Å². The molecule has 0 radical (unpaired) electrons. The van der Waals surface area contributed by atoms with Crippen molar-refractivity contribution in [1.29, 1.82) is 0 Å². The molecule has 0 N–H and O–H groups in total. The first-order chi connectivity index (χ1) is 14.3. The molecule has 0 spiro atoms. The number of nitrogens with zero attached hydrogens (tertiary/aromatic N) is 3. The minimum atomic E-state index is -0.675. The van der Waals surface area contributed by atoms with Gasteiger partial charge in [0.15, 0.2) is 5.78 Å². The van der Waals surface area contributed by atoms with E-state index in [1.165, 1.54) is 0 Å². The van der Waals surface area contributed by atoms with Crippen LogP contribution in [-0.4, -0.2) is 44.8 Å². The number of Topliss-reactive ketones (excluding diaryl/α,β-unsaturated/α-hetero) is 1. The van der Waals surface area contributed by atoms with Crippen LogP contribution in [0.1, 0.15) is 71.8 Å². The number of hydrogen-bond donors (Lipinski definition) is 0.